The van der Waals surface area contributed by atoms with Crippen molar-refractivity contribution in [1.82, 2.24) is 10.2 Å². The number of ether oxygens (including phenoxy) is 3. The Balaban J connectivity index is 2.16. The first-order valence-corrected chi connectivity index (χ1v) is 16.1. The zero-order valence-electron chi connectivity index (χ0n) is 25.3. The minimum Gasteiger partial charge on any atom is -0.495 e. The number of benzene rings is 3. The molecule has 1 atom stereocenters. The van der Waals surface area contributed by atoms with Crippen molar-refractivity contribution >= 4 is 50.7 Å². The quantitative estimate of drug-likeness (QED) is 0.226. The molecule has 0 heterocycles. The van der Waals surface area contributed by atoms with Crippen molar-refractivity contribution in [2.75, 3.05) is 38.7 Å². The molecule has 0 aliphatic carbocycles. The predicted octanol–water partition coefficient (Wildman–Crippen LogP) is 5.55. The van der Waals surface area contributed by atoms with E-state index in [1.807, 2.05) is 6.92 Å². The SMILES string of the molecule is CCCNC(=O)[C@@H](CC)N(Cc1ccc(Cl)cc1)C(=O)CN(c1cc(Cl)ccc1OC)S(=O)(=O)c1ccc(OC)c(OC)c1. The van der Waals surface area contributed by atoms with Crippen molar-refractivity contribution in [3.05, 3.63) is 76.3 Å². The third-order valence-corrected chi connectivity index (χ3v) is 9.08. The maximum atomic E-state index is 14.3. The van der Waals surface area contributed by atoms with Crippen molar-refractivity contribution in [3.63, 3.8) is 0 Å². The number of rotatable bonds is 15. The number of nitrogens with zero attached hydrogens (tertiary/aromatic N) is 2. The molecule has 3 rings (SSSR count). The van der Waals surface area contributed by atoms with E-state index in [1.54, 1.807) is 37.3 Å². The molecule has 2 amide bonds. The van der Waals surface area contributed by atoms with E-state index in [0.717, 1.165) is 4.31 Å². The highest BCUT2D eigenvalue weighted by atomic mass is 35.5. The highest BCUT2D eigenvalue weighted by Gasteiger charge is 2.35. The van der Waals surface area contributed by atoms with E-state index in [2.05, 4.69) is 5.32 Å². The van der Waals surface area contributed by atoms with Crippen LogP contribution < -0.4 is 23.8 Å². The lowest BCUT2D eigenvalue weighted by atomic mass is 10.1. The van der Waals surface area contributed by atoms with Crippen LogP contribution in [0.3, 0.4) is 0 Å². The first-order valence-electron chi connectivity index (χ1n) is 13.9. The van der Waals surface area contributed by atoms with Crippen molar-refractivity contribution < 1.29 is 32.2 Å². The smallest absolute Gasteiger partial charge is 0.265 e. The predicted molar refractivity (Wildman–Crippen MR) is 171 cm³/mol. The molecule has 0 unspecified atom stereocenters. The van der Waals surface area contributed by atoms with Crippen LogP contribution in [-0.4, -0.2) is 65.6 Å². The van der Waals surface area contributed by atoms with Crippen LogP contribution in [0.1, 0.15) is 32.3 Å². The molecule has 3 aromatic carbocycles. The fourth-order valence-electron chi connectivity index (χ4n) is 4.55. The van der Waals surface area contributed by atoms with Gasteiger partial charge in [0.05, 0.1) is 31.9 Å². The van der Waals surface area contributed by atoms with Gasteiger partial charge in [-0.3, -0.25) is 13.9 Å². The Bertz CT molecular complexity index is 1550. The van der Waals surface area contributed by atoms with Gasteiger partial charge in [-0.25, -0.2) is 8.42 Å². The van der Waals surface area contributed by atoms with Crippen LogP contribution >= 0.6 is 23.2 Å². The monoisotopic (exact) mass is 665 g/mol. The summed E-state index contributed by atoms with van der Waals surface area (Å²) in [5, 5.41) is 3.59. The summed E-state index contributed by atoms with van der Waals surface area (Å²) in [4.78, 5) is 28.7. The Hall–Kier alpha value is -3.67. The maximum Gasteiger partial charge on any atom is 0.265 e. The summed E-state index contributed by atoms with van der Waals surface area (Å²) in [7, 11) is -0.237. The van der Waals surface area contributed by atoms with Crippen molar-refractivity contribution in [2.45, 2.75) is 44.2 Å². The molecule has 44 heavy (non-hydrogen) atoms. The molecule has 0 aliphatic heterocycles. The average molecular weight is 667 g/mol. The van der Waals surface area contributed by atoms with E-state index in [9.17, 15) is 18.0 Å². The van der Waals surface area contributed by atoms with Crippen LogP contribution in [0.2, 0.25) is 10.0 Å². The molecule has 0 aliphatic rings. The van der Waals surface area contributed by atoms with E-state index in [4.69, 9.17) is 37.4 Å². The Kier molecular flexibility index (Phi) is 12.6. The van der Waals surface area contributed by atoms with Gasteiger partial charge in [-0.05, 0) is 60.9 Å². The first-order chi connectivity index (χ1) is 21.0. The molecule has 0 fully saturated rings. The lowest BCUT2D eigenvalue weighted by Crippen LogP contribution is -2.52. The van der Waals surface area contributed by atoms with Crippen molar-refractivity contribution in [3.8, 4) is 17.2 Å². The average Bonchev–Trinajstić information content (AvgIpc) is 3.02. The molecule has 10 nitrogen and oxygen atoms in total. The first kappa shape index (κ1) is 34.8. The molecule has 13 heteroatoms. The Morgan fingerprint density at radius 2 is 1.45 bits per heavy atom. The molecule has 0 saturated heterocycles. The van der Waals surface area contributed by atoms with Gasteiger partial charge >= 0.3 is 0 Å². The van der Waals surface area contributed by atoms with Gasteiger partial charge in [0, 0.05) is 29.2 Å². The molecule has 0 radical (unpaired) electrons. The zero-order valence-corrected chi connectivity index (χ0v) is 27.6. The minimum absolute atomic E-state index is 0.0327. The summed E-state index contributed by atoms with van der Waals surface area (Å²) in [6, 6.07) is 14.6. The van der Waals surface area contributed by atoms with E-state index >= 15 is 0 Å². The van der Waals surface area contributed by atoms with Crippen LogP contribution in [0.5, 0.6) is 17.2 Å². The molecule has 0 aromatic heterocycles. The summed E-state index contributed by atoms with van der Waals surface area (Å²) < 4.78 is 45.6. The Morgan fingerprint density at radius 1 is 0.841 bits per heavy atom. The van der Waals surface area contributed by atoms with Gasteiger partial charge in [0.2, 0.25) is 11.8 Å². The maximum absolute atomic E-state index is 14.3. The van der Waals surface area contributed by atoms with Gasteiger partial charge in [-0.2, -0.15) is 0 Å². The highest BCUT2D eigenvalue weighted by molar-refractivity contribution is 7.92. The fraction of sp³-hybridized carbons (Fsp3) is 0.355. The minimum atomic E-state index is -4.44. The summed E-state index contributed by atoms with van der Waals surface area (Å²) in [5.74, 6) is -0.285. The fourth-order valence-corrected chi connectivity index (χ4v) is 6.27. The lowest BCUT2D eigenvalue weighted by Gasteiger charge is -2.33. The summed E-state index contributed by atoms with van der Waals surface area (Å²) in [6.07, 6.45) is 0.997. The van der Waals surface area contributed by atoms with Crippen LogP contribution in [0.25, 0.3) is 0 Å². The van der Waals surface area contributed by atoms with Crippen molar-refractivity contribution in [2.24, 2.45) is 0 Å². The normalized spacial score (nSPS) is 11.8. The number of nitrogens with one attached hydrogen (secondary N) is 1. The van der Waals surface area contributed by atoms with Gasteiger partial charge < -0.3 is 24.4 Å². The highest BCUT2D eigenvalue weighted by Crippen LogP contribution is 2.37. The van der Waals surface area contributed by atoms with E-state index in [0.29, 0.717) is 29.3 Å². The van der Waals surface area contributed by atoms with Crippen LogP contribution in [0, 0.1) is 0 Å². The second kappa shape index (κ2) is 15.9. The summed E-state index contributed by atoms with van der Waals surface area (Å²) in [6.45, 7) is 3.50. The number of amides is 2. The number of hydrogen-bond acceptors (Lipinski definition) is 7. The third kappa shape index (κ3) is 8.28. The van der Waals surface area contributed by atoms with E-state index in [-0.39, 0.29) is 46.0 Å². The third-order valence-electron chi connectivity index (χ3n) is 6.83. The van der Waals surface area contributed by atoms with Gasteiger partial charge in [0.25, 0.3) is 10.0 Å². The number of sulfonamides is 1. The van der Waals surface area contributed by atoms with Crippen LogP contribution in [-0.2, 0) is 26.2 Å². The summed E-state index contributed by atoms with van der Waals surface area (Å²) in [5.41, 5.74) is 0.747. The second-order valence-corrected chi connectivity index (χ2v) is 12.4. The largest absolute Gasteiger partial charge is 0.495 e. The number of carbonyl (C=O) groups excluding carboxylic acids is 2. The second-order valence-electron chi connectivity index (χ2n) is 9.71. The van der Waals surface area contributed by atoms with E-state index < -0.39 is 28.5 Å². The van der Waals surface area contributed by atoms with Gasteiger partial charge in [-0.15, -0.1) is 0 Å². The van der Waals surface area contributed by atoms with Crippen LogP contribution in [0.15, 0.2) is 65.6 Å². The van der Waals surface area contributed by atoms with Crippen molar-refractivity contribution in [1.29, 1.82) is 0 Å². The van der Waals surface area contributed by atoms with Gasteiger partial charge in [0.1, 0.15) is 18.3 Å². The number of halogens is 2. The molecule has 0 bridgehead atoms. The Labute approximate surface area is 268 Å². The lowest BCUT2D eigenvalue weighted by molar-refractivity contribution is -0.140. The Morgan fingerprint density at radius 3 is 2.05 bits per heavy atom. The van der Waals surface area contributed by atoms with E-state index in [1.165, 1.54) is 56.6 Å². The molecular weight excluding hydrogens is 629 g/mol. The molecular formula is C31H37Cl2N3O7S. The topological polar surface area (TPSA) is 114 Å². The number of anilines is 1. The molecule has 0 saturated carbocycles. The summed E-state index contributed by atoms with van der Waals surface area (Å²) >= 11 is 12.4. The van der Waals surface area contributed by atoms with Gasteiger partial charge in [-0.1, -0.05) is 49.2 Å². The number of hydrogen-bond donors (Lipinski definition) is 1. The molecule has 0 spiro atoms. The number of methoxy groups -OCH3 is 3. The number of carbonyl (C=O) groups is 2. The molecule has 1 N–H and O–H groups in total. The molecule has 238 valence electrons. The standard InChI is InChI=1S/C31H37Cl2N3O7S/c1-6-16-34-31(38)25(7-2)35(19-21-8-10-22(32)11-9-21)30(37)20-36(26-17-23(33)12-14-27(26)41-3)44(39,40)24-13-15-28(42-4)29(18-24)43-5/h8-15,17-18,25H,6-7,16,19-20H2,1-5H3,(H,34,38)/t25-/m1/s1. The van der Waals surface area contributed by atoms with Gasteiger partial charge in [0.15, 0.2) is 11.5 Å². The molecule has 3 aromatic rings. The van der Waals surface area contributed by atoms with Crippen LogP contribution in [0.4, 0.5) is 5.69 Å². The zero-order chi connectivity index (χ0) is 32.4.